The Bertz CT molecular complexity index is 398. The highest BCUT2D eigenvalue weighted by Crippen LogP contribution is 2.33. The average molecular weight is 253 g/mol. The molecule has 1 rings (SSSR count). The van der Waals surface area contributed by atoms with Crippen molar-refractivity contribution in [1.82, 2.24) is 4.98 Å². The maximum absolute atomic E-state index is 12.2. The van der Waals surface area contributed by atoms with Gasteiger partial charge in [-0.3, -0.25) is 4.79 Å². The van der Waals surface area contributed by atoms with Gasteiger partial charge in [-0.1, -0.05) is 0 Å². The van der Waals surface area contributed by atoms with Crippen molar-refractivity contribution in [1.29, 1.82) is 0 Å². The van der Waals surface area contributed by atoms with E-state index in [2.05, 4.69) is 4.98 Å². The minimum absolute atomic E-state index is 0.0563. The molecule has 0 radical (unpaired) electrons. The molecule has 0 saturated carbocycles. The number of ketones is 1. The van der Waals surface area contributed by atoms with Crippen molar-refractivity contribution < 1.29 is 22.7 Å². The number of Topliss-reactive ketones (excluding diaryl/α,β-unsaturated/α-hetero) is 1. The van der Waals surface area contributed by atoms with Crippen molar-refractivity contribution in [3.8, 4) is 0 Å². The second kappa shape index (κ2) is 4.14. The van der Waals surface area contributed by atoms with E-state index in [1.165, 1.54) is 21.0 Å². The van der Waals surface area contributed by atoms with E-state index in [0.717, 1.165) is 6.20 Å². The first-order valence-electron chi connectivity index (χ1n) is 4.31. The quantitative estimate of drug-likeness (QED) is 0.777. The highest BCUT2D eigenvalue weighted by molar-refractivity contribution is 7.13. The normalized spacial score (nSPS) is 12.9. The van der Waals surface area contributed by atoms with E-state index in [-0.39, 0.29) is 4.88 Å². The van der Waals surface area contributed by atoms with Crippen LogP contribution in [0.5, 0.6) is 0 Å². The number of methoxy groups -OCH3 is 1. The number of hydrogen-bond donors (Lipinski definition) is 0. The molecular formula is C9H10F3NO2S. The van der Waals surface area contributed by atoms with Crippen LogP contribution in [0.15, 0.2) is 6.20 Å². The Morgan fingerprint density at radius 3 is 2.38 bits per heavy atom. The summed E-state index contributed by atoms with van der Waals surface area (Å²) < 4.78 is 41.6. The van der Waals surface area contributed by atoms with E-state index in [1.807, 2.05) is 0 Å². The van der Waals surface area contributed by atoms with E-state index >= 15 is 0 Å². The zero-order valence-electron chi connectivity index (χ0n) is 8.88. The molecule has 3 nitrogen and oxygen atoms in total. The Labute approximate surface area is 94.3 Å². The predicted molar refractivity (Wildman–Crippen MR) is 52.5 cm³/mol. The molecule has 0 atom stereocenters. The second-order valence-electron chi connectivity index (χ2n) is 3.57. The summed E-state index contributed by atoms with van der Waals surface area (Å²) in [5.74, 6) is -0.511. The van der Waals surface area contributed by atoms with Gasteiger partial charge in [0.05, 0.1) is 4.88 Å². The molecule has 1 heterocycles. The topological polar surface area (TPSA) is 39.2 Å². The lowest BCUT2D eigenvalue weighted by molar-refractivity contribution is -0.137. The summed E-state index contributed by atoms with van der Waals surface area (Å²) in [6.07, 6.45) is -3.59. The number of carbonyl (C=O) groups is 1. The minimum Gasteiger partial charge on any atom is -0.371 e. The lowest BCUT2D eigenvalue weighted by Gasteiger charge is -2.19. The van der Waals surface area contributed by atoms with Crippen LogP contribution < -0.4 is 0 Å². The Morgan fingerprint density at radius 2 is 2.00 bits per heavy atom. The van der Waals surface area contributed by atoms with Gasteiger partial charge < -0.3 is 4.74 Å². The zero-order chi connectivity index (χ0) is 12.6. The van der Waals surface area contributed by atoms with Gasteiger partial charge in [0.1, 0.15) is 5.60 Å². The molecule has 1 aromatic rings. The monoisotopic (exact) mass is 253 g/mol. The van der Waals surface area contributed by atoms with Crippen LogP contribution in [0.4, 0.5) is 13.2 Å². The fourth-order valence-electron chi connectivity index (χ4n) is 0.900. The van der Waals surface area contributed by atoms with Gasteiger partial charge >= 0.3 is 6.18 Å². The first-order valence-corrected chi connectivity index (χ1v) is 5.13. The zero-order valence-corrected chi connectivity index (χ0v) is 9.70. The maximum Gasteiger partial charge on any atom is 0.443 e. The van der Waals surface area contributed by atoms with Gasteiger partial charge in [0.2, 0.25) is 5.78 Å². The summed E-state index contributed by atoms with van der Waals surface area (Å²) in [7, 11) is 1.32. The van der Waals surface area contributed by atoms with Gasteiger partial charge in [0.15, 0.2) is 5.01 Å². The van der Waals surface area contributed by atoms with Crippen LogP contribution in [-0.4, -0.2) is 23.5 Å². The largest absolute Gasteiger partial charge is 0.443 e. The molecule has 0 aromatic carbocycles. The van der Waals surface area contributed by atoms with E-state index in [9.17, 15) is 18.0 Å². The molecule has 0 aliphatic carbocycles. The predicted octanol–water partition coefficient (Wildman–Crippen LogP) is 2.77. The third-order valence-electron chi connectivity index (χ3n) is 2.03. The van der Waals surface area contributed by atoms with E-state index in [1.54, 1.807) is 0 Å². The summed E-state index contributed by atoms with van der Waals surface area (Å²) in [6, 6.07) is 0. The molecule has 0 fully saturated rings. The molecule has 0 bridgehead atoms. The summed E-state index contributed by atoms with van der Waals surface area (Å²) in [5, 5.41) is -1.03. The molecule has 7 heteroatoms. The van der Waals surface area contributed by atoms with Gasteiger partial charge in [-0.25, -0.2) is 4.98 Å². The Hall–Kier alpha value is -0.950. The van der Waals surface area contributed by atoms with Crippen LogP contribution in [0.25, 0.3) is 0 Å². The SMILES string of the molecule is COC(C)(C)C(=O)c1cnc(C(F)(F)F)s1. The molecule has 1 aromatic heterocycles. The number of nitrogens with zero attached hydrogens (tertiary/aromatic N) is 1. The number of carbonyl (C=O) groups excluding carboxylic acids is 1. The number of rotatable bonds is 3. The van der Waals surface area contributed by atoms with Crippen LogP contribution in [0.3, 0.4) is 0 Å². The van der Waals surface area contributed by atoms with Crippen LogP contribution in [0.1, 0.15) is 28.5 Å². The number of alkyl halides is 3. The van der Waals surface area contributed by atoms with Crippen molar-refractivity contribution in [3.63, 3.8) is 0 Å². The number of ether oxygens (including phenoxy) is 1. The molecule has 16 heavy (non-hydrogen) atoms. The van der Waals surface area contributed by atoms with Crippen LogP contribution in [0.2, 0.25) is 0 Å². The van der Waals surface area contributed by atoms with Crippen LogP contribution in [0, 0.1) is 0 Å². The summed E-state index contributed by atoms with van der Waals surface area (Å²) in [4.78, 5) is 14.8. The third-order valence-corrected chi connectivity index (χ3v) is 3.07. The fraction of sp³-hybridized carbons (Fsp3) is 0.556. The number of hydrogen-bond acceptors (Lipinski definition) is 4. The van der Waals surface area contributed by atoms with Gasteiger partial charge in [-0.15, -0.1) is 11.3 Å². The Balaban J connectivity index is 3.00. The highest BCUT2D eigenvalue weighted by Gasteiger charge is 2.37. The smallest absolute Gasteiger partial charge is 0.371 e. The molecule has 0 unspecified atom stereocenters. The van der Waals surface area contributed by atoms with Crippen LogP contribution >= 0.6 is 11.3 Å². The van der Waals surface area contributed by atoms with E-state index in [0.29, 0.717) is 11.3 Å². The highest BCUT2D eigenvalue weighted by atomic mass is 32.1. The molecule has 0 aliphatic rings. The molecule has 0 N–H and O–H groups in total. The van der Waals surface area contributed by atoms with Gasteiger partial charge in [0.25, 0.3) is 0 Å². The van der Waals surface area contributed by atoms with Crippen molar-refractivity contribution in [2.24, 2.45) is 0 Å². The summed E-state index contributed by atoms with van der Waals surface area (Å²) in [6.45, 7) is 2.98. The fourth-order valence-corrected chi connectivity index (χ4v) is 1.77. The molecular weight excluding hydrogens is 243 g/mol. The first kappa shape index (κ1) is 13.1. The van der Waals surface area contributed by atoms with Crippen LogP contribution in [-0.2, 0) is 10.9 Å². The molecule has 0 amide bonds. The second-order valence-corrected chi connectivity index (χ2v) is 4.60. The lowest BCUT2D eigenvalue weighted by atomic mass is 10.0. The maximum atomic E-state index is 12.2. The molecule has 0 spiro atoms. The van der Waals surface area contributed by atoms with E-state index < -0.39 is 22.6 Å². The standard InChI is InChI=1S/C9H10F3NO2S/c1-8(2,15-3)6(14)5-4-13-7(16-5)9(10,11)12/h4H,1-3H3. The summed E-state index contributed by atoms with van der Waals surface area (Å²) >= 11 is 0.325. The summed E-state index contributed by atoms with van der Waals surface area (Å²) in [5.41, 5.74) is -1.14. The molecule has 90 valence electrons. The average Bonchev–Trinajstić information content (AvgIpc) is 2.64. The molecule has 0 saturated heterocycles. The lowest BCUT2D eigenvalue weighted by Crippen LogP contribution is -2.33. The number of halogens is 3. The van der Waals surface area contributed by atoms with Crippen molar-refractivity contribution >= 4 is 17.1 Å². The minimum atomic E-state index is -4.51. The van der Waals surface area contributed by atoms with Crippen molar-refractivity contribution in [3.05, 3.63) is 16.1 Å². The first-order chi connectivity index (χ1) is 7.18. The Morgan fingerprint density at radius 1 is 1.44 bits per heavy atom. The van der Waals surface area contributed by atoms with Gasteiger partial charge in [-0.05, 0) is 13.8 Å². The number of aromatic nitrogens is 1. The van der Waals surface area contributed by atoms with Gasteiger partial charge in [-0.2, -0.15) is 13.2 Å². The molecule has 0 aliphatic heterocycles. The third kappa shape index (κ3) is 2.59. The van der Waals surface area contributed by atoms with E-state index in [4.69, 9.17) is 4.74 Å². The number of thiazole rings is 1. The Kier molecular flexibility index (Phi) is 3.39. The van der Waals surface area contributed by atoms with Crippen molar-refractivity contribution in [2.75, 3.05) is 7.11 Å². The van der Waals surface area contributed by atoms with Crippen molar-refractivity contribution in [2.45, 2.75) is 25.6 Å². The van der Waals surface area contributed by atoms with Gasteiger partial charge in [0, 0.05) is 13.3 Å².